The molecule has 1 aromatic carbocycles. The van der Waals surface area contributed by atoms with Crippen LogP contribution in [0.2, 0.25) is 5.02 Å². The van der Waals surface area contributed by atoms with Crippen LogP contribution in [0.4, 0.5) is 4.39 Å². The molecule has 0 radical (unpaired) electrons. The van der Waals surface area contributed by atoms with E-state index in [9.17, 15) is 4.39 Å². The molecule has 1 N–H and O–H groups in total. The Hall–Kier alpha value is -0.640. The van der Waals surface area contributed by atoms with Crippen LogP contribution in [0, 0.1) is 11.7 Å². The Balaban J connectivity index is 2.40. The molecule has 16 heavy (non-hydrogen) atoms. The summed E-state index contributed by atoms with van der Waals surface area (Å²) in [4.78, 5) is 0. The second-order valence-electron chi connectivity index (χ2n) is 3.90. The van der Waals surface area contributed by atoms with E-state index in [-0.39, 0.29) is 10.8 Å². The van der Waals surface area contributed by atoms with Gasteiger partial charge in [-0.25, -0.2) is 4.39 Å². The van der Waals surface area contributed by atoms with Crippen LogP contribution in [0.5, 0.6) is 0 Å². The Morgan fingerprint density at radius 3 is 2.94 bits per heavy atom. The highest BCUT2D eigenvalue weighted by Crippen LogP contribution is 2.19. The summed E-state index contributed by atoms with van der Waals surface area (Å²) in [6, 6.07) is 4.84. The molecule has 0 amide bonds. The van der Waals surface area contributed by atoms with Crippen LogP contribution >= 0.6 is 11.6 Å². The molecule has 0 aliphatic carbocycles. The summed E-state index contributed by atoms with van der Waals surface area (Å²) in [5.74, 6) is 0.0586. The summed E-state index contributed by atoms with van der Waals surface area (Å²) in [6.07, 6.45) is 0. The molecule has 0 spiro atoms. The first-order valence-corrected chi connectivity index (χ1v) is 5.65. The molecule has 0 aromatic heterocycles. The van der Waals surface area contributed by atoms with Crippen molar-refractivity contribution in [2.45, 2.75) is 13.5 Å². The fraction of sp³-hybridized carbons (Fsp3) is 0.500. The van der Waals surface area contributed by atoms with Crippen molar-refractivity contribution in [1.29, 1.82) is 0 Å². The predicted molar refractivity (Wildman–Crippen MR) is 64.2 cm³/mol. The van der Waals surface area contributed by atoms with Gasteiger partial charge in [0.15, 0.2) is 0 Å². The summed E-state index contributed by atoms with van der Waals surface area (Å²) < 4.78 is 18.1. The smallest absolute Gasteiger partial charge is 0.142 e. The Bertz CT molecular complexity index is 333. The number of nitrogens with one attached hydrogen (secondary N) is 1. The van der Waals surface area contributed by atoms with Crippen molar-refractivity contribution in [3.8, 4) is 0 Å². The fourth-order valence-corrected chi connectivity index (χ4v) is 1.67. The zero-order valence-electron chi connectivity index (χ0n) is 9.59. The zero-order valence-corrected chi connectivity index (χ0v) is 10.4. The van der Waals surface area contributed by atoms with Crippen molar-refractivity contribution in [3.63, 3.8) is 0 Å². The van der Waals surface area contributed by atoms with E-state index in [0.29, 0.717) is 19.1 Å². The number of ether oxygens (including phenoxy) is 1. The molecular weight excluding hydrogens is 229 g/mol. The minimum atomic E-state index is -0.370. The van der Waals surface area contributed by atoms with E-state index in [4.69, 9.17) is 16.3 Å². The average molecular weight is 246 g/mol. The SMILES string of the molecule is COCC(C)CNCc1cccc(F)c1Cl. The van der Waals surface area contributed by atoms with Crippen LogP contribution in [-0.4, -0.2) is 20.3 Å². The number of halogens is 2. The summed E-state index contributed by atoms with van der Waals surface area (Å²) in [5.41, 5.74) is 0.784. The number of rotatable bonds is 6. The summed E-state index contributed by atoms with van der Waals surface area (Å²) in [5, 5.41) is 3.43. The average Bonchev–Trinajstić information content (AvgIpc) is 2.25. The summed E-state index contributed by atoms with van der Waals surface area (Å²) >= 11 is 5.83. The van der Waals surface area contributed by atoms with Crippen LogP contribution in [0.3, 0.4) is 0 Å². The second-order valence-corrected chi connectivity index (χ2v) is 4.28. The highest BCUT2D eigenvalue weighted by molar-refractivity contribution is 6.31. The number of hydrogen-bond acceptors (Lipinski definition) is 2. The summed E-state index contributed by atoms with van der Waals surface area (Å²) in [6.45, 7) is 4.19. The maximum Gasteiger partial charge on any atom is 0.142 e. The van der Waals surface area contributed by atoms with Gasteiger partial charge in [0, 0.05) is 26.8 Å². The van der Waals surface area contributed by atoms with Gasteiger partial charge >= 0.3 is 0 Å². The van der Waals surface area contributed by atoms with Crippen molar-refractivity contribution < 1.29 is 9.13 Å². The molecule has 1 aromatic rings. The Kier molecular flexibility index (Phi) is 5.74. The Labute approximate surface area is 101 Å². The van der Waals surface area contributed by atoms with Gasteiger partial charge in [0.1, 0.15) is 5.82 Å². The lowest BCUT2D eigenvalue weighted by molar-refractivity contribution is 0.158. The van der Waals surface area contributed by atoms with Gasteiger partial charge in [-0.3, -0.25) is 0 Å². The third-order valence-corrected chi connectivity index (χ3v) is 2.71. The van der Waals surface area contributed by atoms with Gasteiger partial charge < -0.3 is 10.1 Å². The van der Waals surface area contributed by atoms with Gasteiger partial charge in [0.05, 0.1) is 5.02 Å². The molecule has 1 atom stereocenters. The first-order chi connectivity index (χ1) is 7.65. The number of methoxy groups -OCH3 is 1. The quantitative estimate of drug-likeness (QED) is 0.832. The van der Waals surface area contributed by atoms with Gasteiger partial charge in [-0.1, -0.05) is 30.7 Å². The number of hydrogen-bond donors (Lipinski definition) is 1. The molecular formula is C12H17ClFNO. The molecule has 1 unspecified atom stereocenters. The van der Waals surface area contributed by atoms with E-state index in [0.717, 1.165) is 12.1 Å². The second kappa shape index (κ2) is 6.84. The Morgan fingerprint density at radius 1 is 1.50 bits per heavy atom. The lowest BCUT2D eigenvalue weighted by Gasteiger charge is -2.12. The van der Waals surface area contributed by atoms with Gasteiger partial charge in [0.2, 0.25) is 0 Å². The molecule has 0 saturated carbocycles. The molecule has 0 bridgehead atoms. The molecule has 90 valence electrons. The molecule has 2 nitrogen and oxygen atoms in total. The predicted octanol–water partition coefficient (Wildman–Crippen LogP) is 2.85. The standard InChI is InChI=1S/C12H17ClFNO/c1-9(8-16-2)6-15-7-10-4-3-5-11(14)12(10)13/h3-5,9,15H,6-8H2,1-2H3. The maximum atomic E-state index is 13.1. The third kappa shape index (κ3) is 4.08. The normalized spacial score (nSPS) is 12.8. The molecule has 0 fully saturated rings. The lowest BCUT2D eigenvalue weighted by Crippen LogP contribution is -2.23. The van der Waals surface area contributed by atoms with E-state index in [1.165, 1.54) is 6.07 Å². The van der Waals surface area contributed by atoms with Gasteiger partial charge in [-0.2, -0.15) is 0 Å². The first kappa shape index (κ1) is 13.4. The molecule has 0 aliphatic rings. The lowest BCUT2D eigenvalue weighted by atomic mass is 10.2. The highest BCUT2D eigenvalue weighted by atomic mass is 35.5. The minimum Gasteiger partial charge on any atom is -0.384 e. The molecule has 1 rings (SSSR count). The number of benzene rings is 1. The van der Waals surface area contributed by atoms with E-state index in [1.54, 1.807) is 13.2 Å². The first-order valence-electron chi connectivity index (χ1n) is 5.27. The van der Waals surface area contributed by atoms with E-state index >= 15 is 0 Å². The van der Waals surface area contributed by atoms with Crippen LogP contribution in [0.25, 0.3) is 0 Å². The zero-order chi connectivity index (χ0) is 12.0. The molecule has 0 heterocycles. The van der Waals surface area contributed by atoms with Crippen LogP contribution in [-0.2, 0) is 11.3 Å². The van der Waals surface area contributed by atoms with Crippen LogP contribution < -0.4 is 5.32 Å². The summed E-state index contributed by atoms with van der Waals surface area (Å²) in [7, 11) is 1.68. The highest BCUT2D eigenvalue weighted by Gasteiger charge is 2.06. The van der Waals surface area contributed by atoms with Crippen LogP contribution in [0.15, 0.2) is 18.2 Å². The van der Waals surface area contributed by atoms with Crippen molar-refractivity contribution in [3.05, 3.63) is 34.6 Å². The Morgan fingerprint density at radius 2 is 2.25 bits per heavy atom. The molecule has 0 saturated heterocycles. The van der Waals surface area contributed by atoms with Gasteiger partial charge in [-0.15, -0.1) is 0 Å². The third-order valence-electron chi connectivity index (χ3n) is 2.29. The van der Waals surface area contributed by atoms with Crippen molar-refractivity contribution in [2.75, 3.05) is 20.3 Å². The van der Waals surface area contributed by atoms with E-state index < -0.39 is 0 Å². The van der Waals surface area contributed by atoms with Crippen molar-refractivity contribution >= 4 is 11.6 Å². The van der Waals surface area contributed by atoms with E-state index in [2.05, 4.69) is 12.2 Å². The topological polar surface area (TPSA) is 21.3 Å². The van der Waals surface area contributed by atoms with Crippen molar-refractivity contribution in [1.82, 2.24) is 5.32 Å². The van der Waals surface area contributed by atoms with Gasteiger partial charge in [-0.05, 0) is 17.5 Å². The fourth-order valence-electron chi connectivity index (χ4n) is 1.48. The minimum absolute atomic E-state index is 0.203. The molecule has 0 aliphatic heterocycles. The van der Waals surface area contributed by atoms with Crippen LogP contribution in [0.1, 0.15) is 12.5 Å². The van der Waals surface area contributed by atoms with Crippen molar-refractivity contribution in [2.24, 2.45) is 5.92 Å². The maximum absolute atomic E-state index is 13.1. The monoisotopic (exact) mass is 245 g/mol. The molecule has 4 heteroatoms. The van der Waals surface area contributed by atoms with E-state index in [1.807, 2.05) is 6.07 Å². The van der Waals surface area contributed by atoms with Gasteiger partial charge in [0.25, 0.3) is 0 Å². The largest absolute Gasteiger partial charge is 0.384 e.